The van der Waals surface area contributed by atoms with E-state index in [1.807, 2.05) is 0 Å². The zero-order chi connectivity index (χ0) is 47.0. The van der Waals surface area contributed by atoms with Crippen LogP contribution in [0.1, 0.15) is 145 Å². The average molecular weight is 1010 g/mol. The Morgan fingerprint density at radius 3 is 1.30 bits per heavy atom. The molecule has 0 radical (unpaired) electrons. The Labute approximate surface area is 443 Å². The zero-order valence-electron chi connectivity index (χ0n) is 36.7. The molecule has 11 rings (SSSR count). The van der Waals surface area contributed by atoms with Gasteiger partial charge in [0.15, 0.2) is 23.5 Å². The monoisotopic (exact) mass is 1010 g/mol. The zero-order valence-corrected chi connectivity index (χ0v) is 42.1. The number of ketones is 1. The number of carbonyl (C=O) groups is 6. The Balaban J connectivity index is 0.000000222. The first-order chi connectivity index (χ1) is 31.4. The van der Waals surface area contributed by atoms with E-state index in [9.17, 15) is 28.8 Å². The maximum absolute atomic E-state index is 12.2. The molecule has 0 spiro atoms. The summed E-state index contributed by atoms with van der Waals surface area (Å²) in [6.07, 6.45) is 14.0. The molecular formula is C44H51Cl3KN9O10. The van der Waals surface area contributed by atoms with Gasteiger partial charge in [0.2, 0.25) is 5.91 Å². The van der Waals surface area contributed by atoms with Crippen LogP contribution in [0.4, 0.5) is 0 Å². The number of fused-ring (bicyclic) bond motifs is 2. The molecule has 0 bridgehead atoms. The molecule has 2 aliphatic heterocycles. The number of nitrogens with zero attached hydrogens (tertiary/aromatic N) is 5. The van der Waals surface area contributed by atoms with E-state index in [1.54, 1.807) is 61.1 Å². The molecule has 4 fully saturated rings. The van der Waals surface area contributed by atoms with Crippen LogP contribution in [0.15, 0.2) is 80.6 Å². The predicted molar refractivity (Wildman–Crippen MR) is 242 cm³/mol. The number of primary amides is 1. The summed E-state index contributed by atoms with van der Waals surface area (Å²) in [7, 11) is 0. The fourth-order valence-electron chi connectivity index (χ4n) is 5.77. The molecule has 5 heterocycles. The number of aromatic nitrogens is 3. The number of hydrogen-bond donors (Lipinski definition) is 4. The molecular weight excluding hydrogens is 960 g/mol. The van der Waals surface area contributed by atoms with E-state index in [0.29, 0.717) is 58.1 Å². The minimum atomic E-state index is -0.425. The van der Waals surface area contributed by atoms with E-state index in [0.717, 1.165) is 54.7 Å². The molecule has 0 unspecified atom stereocenters. The molecule has 4 saturated carbocycles. The van der Waals surface area contributed by atoms with Crippen molar-refractivity contribution >= 4 is 70.1 Å². The third-order valence-electron chi connectivity index (χ3n) is 9.90. The molecule has 19 nitrogen and oxygen atoms in total. The van der Waals surface area contributed by atoms with E-state index < -0.39 is 11.8 Å². The number of nitrogens with two attached hydrogens (primary N) is 4. The topological polar surface area (TPSA) is 333 Å². The Morgan fingerprint density at radius 1 is 0.627 bits per heavy atom. The molecule has 0 saturated heterocycles. The Hall–Kier alpha value is -4.16. The van der Waals surface area contributed by atoms with E-state index in [2.05, 4.69) is 32.0 Å². The second-order valence-electron chi connectivity index (χ2n) is 15.2. The number of carbonyl (C=O) groups excluding carboxylic acids is 6. The molecule has 4 aliphatic carbocycles. The van der Waals surface area contributed by atoms with Gasteiger partial charge in [0.25, 0.3) is 11.8 Å². The van der Waals surface area contributed by atoms with Crippen LogP contribution in [0.3, 0.4) is 0 Å². The van der Waals surface area contributed by atoms with Crippen LogP contribution in [0.2, 0.25) is 0 Å². The summed E-state index contributed by atoms with van der Waals surface area (Å²) in [6.45, 7) is 0.652. The molecule has 0 atom stereocenters. The van der Waals surface area contributed by atoms with Crippen LogP contribution in [-0.4, -0.2) is 72.4 Å². The van der Waals surface area contributed by atoms with Crippen molar-refractivity contribution in [3.05, 3.63) is 130 Å². The van der Waals surface area contributed by atoms with Crippen LogP contribution in [-0.2, 0) is 28.6 Å². The van der Waals surface area contributed by atoms with Crippen LogP contribution >= 0.6 is 34.8 Å². The number of rotatable bonds is 10. The van der Waals surface area contributed by atoms with Gasteiger partial charge in [-0.1, -0.05) is 36.4 Å². The van der Waals surface area contributed by atoms with Crippen molar-refractivity contribution < 1.29 is 98.9 Å². The van der Waals surface area contributed by atoms with Gasteiger partial charge in [0, 0.05) is 41.3 Å². The molecule has 10 N–H and O–H groups in total. The number of oxazole rings is 3. The van der Waals surface area contributed by atoms with Gasteiger partial charge >= 0.3 is 51.4 Å². The van der Waals surface area contributed by atoms with Crippen molar-refractivity contribution in [3.63, 3.8) is 0 Å². The molecule has 67 heavy (non-hydrogen) atoms. The first kappa shape index (κ1) is 57.2. The molecule has 23 heteroatoms. The van der Waals surface area contributed by atoms with Gasteiger partial charge in [-0.2, -0.15) is 0 Å². The van der Waals surface area contributed by atoms with Crippen molar-refractivity contribution in [1.82, 2.24) is 19.9 Å². The third-order valence-corrected chi connectivity index (χ3v) is 10.8. The number of imide groups is 2. The Kier molecular flexibility index (Phi) is 24.2. The molecule has 6 aliphatic rings. The summed E-state index contributed by atoms with van der Waals surface area (Å²) in [5.74, 6) is 11.2. The van der Waals surface area contributed by atoms with Gasteiger partial charge in [0.1, 0.15) is 18.8 Å². The Morgan fingerprint density at radius 2 is 1.00 bits per heavy atom. The quantitative estimate of drug-likeness (QED) is 0.0514. The van der Waals surface area contributed by atoms with Crippen LogP contribution < -0.4 is 74.5 Å². The van der Waals surface area contributed by atoms with Crippen LogP contribution in [0.25, 0.3) is 5.32 Å². The first-order valence-corrected chi connectivity index (χ1v) is 22.2. The van der Waals surface area contributed by atoms with Gasteiger partial charge in [-0.25, -0.2) is 15.0 Å². The standard InChI is InChI=1S/C15H12N2O3.C8H5NO2.C7H8ClNO.C7H10N2O.C4H7NO.C3H4Cl2O.K.H4N2.H2O/c18-14-11-3-1-2-4-12(11)15(19)17(14)7-10-8-20-13(16-10)9-5-6-9;10-7-5-3-1-2-4-6(5)8(11)9-7;2*8-3-6-4-10-7(9-6)5-1-2-5;5-4(6)3-1-2-3;4-1-3(6)2-5;;1-2;/h1-4,8-9H,5-7H2;1-4H,(H,9,10,11);4-5H,1-3H2;4-5H,1-3,8H2;3H,1-2H2,(H2,5,6);1-2H2;;1-2H2;1H2/q;;;;;;+1;;/p-1. The van der Waals surface area contributed by atoms with Crippen molar-refractivity contribution in [1.29, 1.82) is 0 Å². The van der Waals surface area contributed by atoms with Crippen molar-refractivity contribution in [2.24, 2.45) is 29.1 Å². The predicted octanol–water partition coefficient (Wildman–Crippen LogP) is 2.92. The maximum Gasteiger partial charge on any atom is 1.00 e. The van der Waals surface area contributed by atoms with Gasteiger partial charge in [0.05, 0.1) is 64.2 Å². The van der Waals surface area contributed by atoms with Crippen LogP contribution in [0, 0.1) is 5.92 Å². The fourth-order valence-corrected chi connectivity index (χ4v) is 6.17. The summed E-state index contributed by atoms with van der Waals surface area (Å²) in [5.41, 5.74) is 14.3. The average Bonchev–Trinajstić information content (AvgIpc) is 4.19. The van der Waals surface area contributed by atoms with Crippen molar-refractivity contribution in [3.8, 4) is 0 Å². The molecule has 5 amide bonds. The minimum absolute atomic E-state index is 0. The van der Waals surface area contributed by atoms with Crippen molar-refractivity contribution in [2.75, 3.05) is 11.8 Å². The number of amides is 5. The first-order valence-electron chi connectivity index (χ1n) is 20.6. The molecule has 354 valence electrons. The van der Waals surface area contributed by atoms with Gasteiger partial charge < -0.3 is 45.1 Å². The molecule has 5 aromatic rings. The van der Waals surface area contributed by atoms with Crippen LogP contribution in [0.5, 0.6) is 0 Å². The smallest absolute Gasteiger partial charge is 0.587 e. The number of halogens is 3. The van der Waals surface area contributed by atoms with Gasteiger partial charge in [-0.15, -0.1) is 34.8 Å². The summed E-state index contributed by atoms with van der Waals surface area (Å²) in [4.78, 5) is 80.1. The normalized spacial score (nSPS) is 15.6. The maximum atomic E-state index is 12.2. The summed E-state index contributed by atoms with van der Waals surface area (Å²) < 4.78 is 15.8. The van der Waals surface area contributed by atoms with E-state index in [1.165, 1.54) is 36.8 Å². The minimum Gasteiger partial charge on any atom is -0.587 e. The summed E-state index contributed by atoms with van der Waals surface area (Å²) in [5, 5.41) is 3.28. The van der Waals surface area contributed by atoms with Gasteiger partial charge in [-0.3, -0.25) is 35.8 Å². The number of Topliss-reactive ketones (excluding diaryl/α,β-unsaturated/α-hetero) is 1. The van der Waals surface area contributed by atoms with E-state index >= 15 is 0 Å². The largest absolute Gasteiger partial charge is 1.00 e. The number of hydrazine groups is 1. The third kappa shape index (κ3) is 17.4. The summed E-state index contributed by atoms with van der Waals surface area (Å²) in [6, 6.07) is 13.5. The summed E-state index contributed by atoms with van der Waals surface area (Å²) >= 11 is 15.6. The SMILES string of the molecule is ClCc1coc(C2CC2)n1.NC(=O)C1CC1.NCc1coc(C2CC2)n1.NN.O.O=C(CCl)CCl.O=C1[N-]C(=O)c2ccccc21.O=C1c2ccccc2C(=O)N1Cc1coc(C2CC2)n1.[K+]. The van der Waals surface area contributed by atoms with E-state index in [4.69, 9.17) is 59.5 Å². The van der Waals surface area contributed by atoms with E-state index in [-0.39, 0.29) is 105 Å². The molecule has 2 aromatic carbocycles. The Bertz CT molecular complexity index is 2310. The second kappa shape index (κ2) is 28.4. The number of alkyl halides is 3. The second-order valence-corrected chi connectivity index (χ2v) is 16.0. The number of hydrogen-bond acceptors (Lipinski definition) is 15. The van der Waals surface area contributed by atoms with Gasteiger partial charge in [-0.05, 0) is 63.5 Å². The van der Waals surface area contributed by atoms with Crippen molar-refractivity contribution in [2.45, 2.75) is 88.1 Å². The molecule has 3 aromatic heterocycles. The number of benzene rings is 2. The fraction of sp³-hybridized carbons (Fsp3) is 0.386.